The molecule has 1 aliphatic carbocycles. The molecular weight excluding hydrogens is 436 g/mol. The summed E-state index contributed by atoms with van der Waals surface area (Å²) in [6, 6.07) is 19.0. The lowest BCUT2D eigenvalue weighted by Crippen LogP contribution is -2.16. The van der Waals surface area contributed by atoms with Gasteiger partial charge in [0.25, 0.3) is 0 Å². The molecule has 0 unspecified atom stereocenters. The molecule has 0 amide bonds. The summed E-state index contributed by atoms with van der Waals surface area (Å²) in [5, 5.41) is 9.97. The van der Waals surface area contributed by atoms with Crippen molar-refractivity contribution in [3.8, 4) is 22.3 Å². The van der Waals surface area contributed by atoms with Gasteiger partial charge in [0.2, 0.25) is 0 Å². The van der Waals surface area contributed by atoms with Gasteiger partial charge in [0, 0.05) is 0 Å². The molecule has 3 aromatic carbocycles. The van der Waals surface area contributed by atoms with Crippen molar-refractivity contribution in [2.24, 2.45) is 0 Å². The maximum absolute atomic E-state index is 13.3. The molecule has 0 spiro atoms. The molecule has 4 nitrogen and oxygen atoms in total. The zero-order valence-corrected chi connectivity index (χ0v) is 20.8. The number of aryl methyl sites for hydroxylation is 1. The second-order valence-corrected chi connectivity index (χ2v) is 9.72. The molecule has 1 fully saturated rings. The Labute approximate surface area is 208 Å². The SMILES string of the molecule is CCCc1cc(C(C)C)cc(-c2ccccc2C(=O)O)c1-c1ccccc1C(=O)OC1CCCC1. The number of esters is 1. The molecule has 1 aliphatic rings. The molecule has 0 aliphatic heterocycles. The number of carboxylic acid groups (broad SMARTS) is 1. The maximum atomic E-state index is 13.3. The Kier molecular flexibility index (Phi) is 7.70. The molecule has 1 N–H and O–H groups in total. The van der Waals surface area contributed by atoms with Gasteiger partial charge >= 0.3 is 11.9 Å². The summed E-state index contributed by atoms with van der Waals surface area (Å²) in [6.07, 6.45) is 5.74. The predicted octanol–water partition coefficient (Wildman–Crippen LogP) is 7.89. The molecule has 4 rings (SSSR count). The van der Waals surface area contributed by atoms with E-state index < -0.39 is 5.97 Å². The fraction of sp³-hybridized carbons (Fsp3) is 0.355. The van der Waals surface area contributed by atoms with Crippen LogP contribution in [0.15, 0.2) is 60.7 Å². The normalized spacial score (nSPS) is 13.8. The first-order valence-corrected chi connectivity index (χ1v) is 12.7. The monoisotopic (exact) mass is 470 g/mol. The van der Waals surface area contributed by atoms with E-state index in [1.807, 2.05) is 36.4 Å². The van der Waals surface area contributed by atoms with Crippen LogP contribution in [0.5, 0.6) is 0 Å². The summed E-state index contributed by atoms with van der Waals surface area (Å²) in [7, 11) is 0. The Hall–Kier alpha value is -3.40. The average molecular weight is 471 g/mol. The van der Waals surface area contributed by atoms with Gasteiger partial charge in [-0.25, -0.2) is 9.59 Å². The van der Waals surface area contributed by atoms with Crippen LogP contribution in [0.4, 0.5) is 0 Å². The number of hydrogen-bond acceptors (Lipinski definition) is 3. The highest BCUT2D eigenvalue weighted by atomic mass is 16.5. The van der Waals surface area contributed by atoms with Crippen molar-refractivity contribution >= 4 is 11.9 Å². The van der Waals surface area contributed by atoms with E-state index in [4.69, 9.17) is 4.74 Å². The van der Waals surface area contributed by atoms with Crippen molar-refractivity contribution in [2.45, 2.75) is 71.3 Å². The van der Waals surface area contributed by atoms with Gasteiger partial charge in [-0.05, 0) is 83.5 Å². The van der Waals surface area contributed by atoms with Crippen LogP contribution < -0.4 is 0 Å². The molecule has 3 aromatic rings. The second kappa shape index (κ2) is 10.9. The van der Waals surface area contributed by atoms with Crippen LogP contribution in [0, 0.1) is 0 Å². The Morgan fingerprint density at radius 1 is 0.914 bits per heavy atom. The molecule has 0 saturated heterocycles. The van der Waals surface area contributed by atoms with Gasteiger partial charge in [0.1, 0.15) is 6.10 Å². The van der Waals surface area contributed by atoms with Crippen LogP contribution in [0.2, 0.25) is 0 Å². The van der Waals surface area contributed by atoms with Crippen molar-refractivity contribution in [3.63, 3.8) is 0 Å². The lowest BCUT2D eigenvalue weighted by Gasteiger charge is -2.22. The van der Waals surface area contributed by atoms with Gasteiger partial charge in [-0.2, -0.15) is 0 Å². The molecule has 35 heavy (non-hydrogen) atoms. The molecule has 4 heteroatoms. The smallest absolute Gasteiger partial charge is 0.339 e. The lowest BCUT2D eigenvalue weighted by atomic mass is 9.82. The predicted molar refractivity (Wildman–Crippen MR) is 140 cm³/mol. The van der Waals surface area contributed by atoms with Crippen molar-refractivity contribution in [3.05, 3.63) is 82.9 Å². The van der Waals surface area contributed by atoms with Gasteiger partial charge in [-0.15, -0.1) is 0 Å². The Morgan fingerprint density at radius 3 is 2.17 bits per heavy atom. The van der Waals surface area contributed by atoms with Gasteiger partial charge < -0.3 is 9.84 Å². The van der Waals surface area contributed by atoms with Crippen molar-refractivity contribution in [1.29, 1.82) is 0 Å². The number of carboxylic acids is 1. The Morgan fingerprint density at radius 2 is 1.54 bits per heavy atom. The van der Waals surface area contributed by atoms with Crippen molar-refractivity contribution in [2.75, 3.05) is 0 Å². The largest absolute Gasteiger partial charge is 0.478 e. The summed E-state index contributed by atoms with van der Waals surface area (Å²) >= 11 is 0. The molecule has 0 bridgehead atoms. The highest BCUT2D eigenvalue weighted by Crippen LogP contribution is 2.41. The third-order valence-electron chi connectivity index (χ3n) is 6.87. The second-order valence-electron chi connectivity index (χ2n) is 9.72. The van der Waals surface area contributed by atoms with Gasteiger partial charge in [0.05, 0.1) is 11.1 Å². The van der Waals surface area contributed by atoms with Gasteiger partial charge in [-0.3, -0.25) is 0 Å². The first-order valence-electron chi connectivity index (χ1n) is 12.7. The standard InChI is InChI=1S/C31H34O4/c1-4-11-21-18-22(20(2)3)19-28(24-14-7-9-16-26(24)30(32)33)29(21)25-15-8-10-17-27(25)31(34)35-23-12-5-6-13-23/h7-10,14-20,23H,4-6,11-13H2,1-3H3,(H,32,33). The highest BCUT2D eigenvalue weighted by Gasteiger charge is 2.25. The summed E-state index contributed by atoms with van der Waals surface area (Å²) < 4.78 is 5.90. The molecule has 1 saturated carbocycles. The van der Waals surface area contributed by atoms with Crippen LogP contribution in [-0.2, 0) is 11.2 Å². The van der Waals surface area contributed by atoms with E-state index in [1.165, 1.54) is 0 Å². The number of carbonyl (C=O) groups excluding carboxylic acids is 1. The Bertz CT molecular complexity index is 1220. The first kappa shape index (κ1) is 24.7. The van der Waals surface area contributed by atoms with E-state index in [0.717, 1.165) is 66.3 Å². The molecule has 0 aromatic heterocycles. The number of benzene rings is 3. The minimum atomic E-state index is -0.965. The first-order chi connectivity index (χ1) is 16.9. The average Bonchev–Trinajstić information content (AvgIpc) is 3.36. The zero-order valence-electron chi connectivity index (χ0n) is 20.8. The highest BCUT2D eigenvalue weighted by molar-refractivity contribution is 6.04. The Balaban J connectivity index is 1.97. The fourth-order valence-electron chi connectivity index (χ4n) is 5.06. The van der Waals surface area contributed by atoms with E-state index in [2.05, 4.69) is 32.9 Å². The van der Waals surface area contributed by atoms with Crippen molar-refractivity contribution < 1.29 is 19.4 Å². The number of ether oxygens (including phenoxy) is 1. The summed E-state index contributed by atoms with van der Waals surface area (Å²) in [5.74, 6) is -0.995. The molecule has 182 valence electrons. The van der Waals surface area contributed by atoms with E-state index in [-0.39, 0.29) is 23.6 Å². The van der Waals surface area contributed by atoms with E-state index in [9.17, 15) is 14.7 Å². The van der Waals surface area contributed by atoms with Crippen LogP contribution in [0.1, 0.15) is 90.6 Å². The van der Waals surface area contributed by atoms with Crippen molar-refractivity contribution in [1.82, 2.24) is 0 Å². The van der Waals surface area contributed by atoms with Gasteiger partial charge in [-0.1, -0.05) is 75.7 Å². The van der Waals surface area contributed by atoms with E-state index in [0.29, 0.717) is 11.1 Å². The number of carbonyl (C=O) groups is 2. The fourth-order valence-corrected chi connectivity index (χ4v) is 5.06. The number of aromatic carboxylic acids is 1. The van der Waals surface area contributed by atoms with Gasteiger partial charge in [0.15, 0.2) is 0 Å². The topological polar surface area (TPSA) is 63.6 Å². The zero-order chi connectivity index (χ0) is 24.9. The number of rotatable bonds is 8. The van der Waals surface area contributed by atoms with Crippen LogP contribution in [-0.4, -0.2) is 23.1 Å². The molecule has 0 radical (unpaired) electrons. The van der Waals surface area contributed by atoms with E-state index >= 15 is 0 Å². The summed E-state index contributed by atoms with van der Waals surface area (Å²) in [4.78, 5) is 25.5. The molecular formula is C31H34O4. The minimum Gasteiger partial charge on any atom is -0.478 e. The third-order valence-corrected chi connectivity index (χ3v) is 6.87. The third kappa shape index (κ3) is 5.32. The molecule has 0 heterocycles. The lowest BCUT2D eigenvalue weighted by molar-refractivity contribution is 0.0318. The van der Waals surface area contributed by atoms with E-state index in [1.54, 1.807) is 12.1 Å². The molecule has 0 atom stereocenters. The minimum absolute atomic E-state index is 0.0267. The maximum Gasteiger partial charge on any atom is 0.339 e. The van der Waals surface area contributed by atoms with Crippen LogP contribution in [0.3, 0.4) is 0 Å². The van der Waals surface area contributed by atoms with Crippen LogP contribution in [0.25, 0.3) is 22.3 Å². The number of hydrogen-bond donors (Lipinski definition) is 1. The quantitative estimate of drug-likeness (QED) is 0.340. The summed E-state index contributed by atoms with van der Waals surface area (Å²) in [5.41, 5.74) is 6.28. The van der Waals surface area contributed by atoms with Crippen LogP contribution >= 0.6 is 0 Å². The summed E-state index contributed by atoms with van der Waals surface area (Å²) in [6.45, 7) is 6.42.